The summed E-state index contributed by atoms with van der Waals surface area (Å²) in [5, 5.41) is 0. The molecule has 1 atom stereocenters. The smallest absolute Gasteiger partial charge is 0.343 e. The third kappa shape index (κ3) is 7.03. The maximum Gasteiger partial charge on any atom is 0.343 e. The molecule has 0 aliphatic carbocycles. The van der Waals surface area contributed by atoms with Crippen molar-refractivity contribution in [3.63, 3.8) is 0 Å². The minimum Gasteiger partial charge on any atom is -0.460 e. The number of hydrogen-bond acceptors (Lipinski definition) is 5. The molecule has 1 unspecified atom stereocenters. The summed E-state index contributed by atoms with van der Waals surface area (Å²) in [4.78, 5) is 24.4. The Labute approximate surface area is 180 Å². The van der Waals surface area contributed by atoms with Crippen molar-refractivity contribution >= 4 is 27.9 Å². The first-order chi connectivity index (χ1) is 13.6. The van der Waals surface area contributed by atoms with Gasteiger partial charge in [0, 0.05) is 12.0 Å². The van der Waals surface area contributed by atoms with Gasteiger partial charge in [-0.1, -0.05) is 30.3 Å². The SMILES string of the molecule is Cc1oc(-c2ccccc2)c(Br)c1C(=O)OC(C)CCCCC(=O)OC(C)(C)C. The van der Waals surface area contributed by atoms with Crippen molar-refractivity contribution in [2.75, 3.05) is 0 Å². The third-order valence-electron chi connectivity index (χ3n) is 4.24. The zero-order valence-electron chi connectivity index (χ0n) is 17.7. The average Bonchev–Trinajstić information content (AvgIpc) is 2.92. The summed E-state index contributed by atoms with van der Waals surface area (Å²) in [6.07, 6.45) is 2.25. The second kappa shape index (κ2) is 10.1. The molecule has 2 aromatic rings. The maximum atomic E-state index is 12.7. The quantitative estimate of drug-likeness (QED) is 0.331. The van der Waals surface area contributed by atoms with E-state index in [9.17, 15) is 9.59 Å². The van der Waals surface area contributed by atoms with Crippen LogP contribution in [0.15, 0.2) is 39.2 Å². The fraction of sp³-hybridized carbons (Fsp3) is 0.478. The summed E-state index contributed by atoms with van der Waals surface area (Å²) in [5.41, 5.74) is 0.829. The Hall–Kier alpha value is -2.08. The highest BCUT2D eigenvalue weighted by atomic mass is 79.9. The topological polar surface area (TPSA) is 65.7 Å². The Bertz CT molecular complexity index is 833. The van der Waals surface area contributed by atoms with Crippen LogP contribution in [0.2, 0.25) is 0 Å². The lowest BCUT2D eigenvalue weighted by molar-refractivity contribution is -0.154. The molecule has 0 aliphatic rings. The van der Waals surface area contributed by atoms with Crippen molar-refractivity contribution in [1.82, 2.24) is 0 Å². The zero-order valence-corrected chi connectivity index (χ0v) is 19.3. The monoisotopic (exact) mass is 464 g/mol. The standard InChI is InChI=1S/C23H29BrO5/c1-15(11-9-10-14-18(25)29-23(3,4)5)27-22(26)19-16(2)28-21(20(19)24)17-12-7-6-8-13-17/h6-8,12-13,15H,9-11,14H2,1-5H3. The van der Waals surface area contributed by atoms with E-state index in [1.807, 2.05) is 58.0 Å². The number of hydrogen-bond donors (Lipinski definition) is 0. The highest BCUT2D eigenvalue weighted by molar-refractivity contribution is 9.10. The lowest BCUT2D eigenvalue weighted by Crippen LogP contribution is -2.23. The van der Waals surface area contributed by atoms with E-state index in [4.69, 9.17) is 13.9 Å². The van der Waals surface area contributed by atoms with Crippen LogP contribution in [0.1, 0.15) is 69.5 Å². The van der Waals surface area contributed by atoms with E-state index in [1.165, 1.54) is 0 Å². The van der Waals surface area contributed by atoms with E-state index in [1.54, 1.807) is 6.92 Å². The molecule has 1 aromatic heterocycles. The molecule has 0 fully saturated rings. The van der Waals surface area contributed by atoms with Gasteiger partial charge in [0.05, 0.1) is 10.6 Å². The van der Waals surface area contributed by atoms with Crippen LogP contribution in [-0.4, -0.2) is 23.6 Å². The molecule has 0 spiro atoms. The lowest BCUT2D eigenvalue weighted by atomic mass is 10.1. The first-order valence-corrected chi connectivity index (χ1v) is 10.6. The van der Waals surface area contributed by atoms with Crippen molar-refractivity contribution in [2.24, 2.45) is 0 Å². The van der Waals surface area contributed by atoms with Crippen LogP contribution in [0.4, 0.5) is 0 Å². The third-order valence-corrected chi connectivity index (χ3v) is 4.99. The Morgan fingerprint density at radius 2 is 1.79 bits per heavy atom. The van der Waals surface area contributed by atoms with Crippen molar-refractivity contribution in [3.05, 3.63) is 46.1 Å². The number of aryl methyl sites for hydroxylation is 1. The second-order valence-electron chi connectivity index (χ2n) is 8.09. The normalized spacial score (nSPS) is 12.5. The van der Waals surface area contributed by atoms with Crippen LogP contribution in [0.25, 0.3) is 11.3 Å². The van der Waals surface area contributed by atoms with Gasteiger partial charge in [-0.3, -0.25) is 4.79 Å². The van der Waals surface area contributed by atoms with Crippen LogP contribution in [0, 0.1) is 6.92 Å². The first-order valence-electron chi connectivity index (χ1n) is 9.85. The number of furan rings is 1. The molecule has 2 rings (SSSR count). The minimum absolute atomic E-state index is 0.200. The summed E-state index contributed by atoms with van der Waals surface area (Å²) in [5.74, 6) is 0.506. The van der Waals surface area contributed by atoms with Crippen molar-refractivity contribution in [3.8, 4) is 11.3 Å². The van der Waals surface area contributed by atoms with Gasteiger partial charge in [0.15, 0.2) is 0 Å². The summed E-state index contributed by atoms with van der Waals surface area (Å²) < 4.78 is 17.3. The Balaban J connectivity index is 1.87. The van der Waals surface area contributed by atoms with Crippen molar-refractivity contribution < 1.29 is 23.5 Å². The number of rotatable bonds is 8. The molecule has 158 valence electrons. The molecule has 0 saturated heterocycles. The van der Waals surface area contributed by atoms with Gasteiger partial charge >= 0.3 is 11.9 Å². The molecule has 5 nitrogen and oxygen atoms in total. The molecule has 1 heterocycles. The first kappa shape index (κ1) is 23.2. The van der Waals surface area contributed by atoms with Crippen LogP contribution >= 0.6 is 15.9 Å². The van der Waals surface area contributed by atoms with Gasteiger partial charge in [0.1, 0.15) is 22.7 Å². The highest BCUT2D eigenvalue weighted by Crippen LogP contribution is 2.36. The Morgan fingerprint density at radius 1 is 1.14 bits per heavy atom. The molecular weight excluding hydrogens is 436 g/mol. The van der Waals surface area contributed by atoms with E-state index in [0.717, 1.165) is 12.0 Å². The number of unbranched alkanes of at least 4 members (excludes halogenated alkanes) is 1. The number of esters is 2. The predicted molar refractivity (Wildman–Crippen MR) is 116 cm³/mol. The van der Waals surface area contributed by atoms with E-state index in [2.05, 4.69) is 15.9 Å². The van der Waals surface area contributed by atoms with Gasteiger partial charge in [-0.25, -0.2) is 4.79 Å². The minimum atomic E-state index is -0.464. The number of carbonyl (C=O) groups is 2. The number of benzene rings is 1. The molecule has 0 bridgehead atoms. The second-order valence-corrected chi connectivity index (χ2v) is 8.88. The Kier molecular flexibility index (Phi) is 8.08. The molecule has 1 aromatic carbocycles. The molecule has 0 amide bonds. The van der Waals surface area contributed by atoms with Gasteiger partial charge in [0.2, 0.25) is 0 Å². The van der Waals surface area contributed by atoms with Crippen LogP contribution in [-0.2, 0) is 14.3 Å². The average molecular weight is 465 g/mol. The summed E-state index contributed by atoms with van der Waals surface area (Å²) >= 11 is 3.49. The fourth-order valence-electron chi connectivity index (χ4n) is 2.92. The number of carbonyl (C=O) groups excluding carboxylic acids is 2. The summed E-state index contributed by atoms with van der Waals surface area (Å²) in [6, 6.07) is 9.59. The molecule has 29 heavy (non-hydrogen) atoms. The van der Waals surface area contributed by atoms with E-state index in [-0.39, 0.29) is 12.1 Å². The van der Waals surface area contributed by atoms with Gasteiger partial charge in [-0.05, 0) is 69.8 Å². The summed E-state index contributed by atoms with van der Waals surface area (Å²) in [6.45, 7) is 9.16. The zero-order chi connectivity index (χ0) is 21.6. The molecule has 0 saturated carbocycles. The van der Waals surface area contributed by atoms with E-state index >= 15 is 0 Å². The largest absolute Gasteiger partial charge is 0.460 e. The van der Waals surface area contributed by atoms with Crippen LogP contribution in [0.5, 0.6) is 0 Å². The lowest BCUT2D eigenvalue weighted by Gasteiger charge is -2.19. The molecule has 0 aliphatic heterocycles. The van der Waals surface area contributed by atoms with Crippen LogP contribution < -0.4 is 0 Å². The van der Waals surface area contributed by atoms with Crippen LogP contribution in [0.3, 0.4) is 0 Å². The fourth-order valence-corrected chi connectivity index (χ4v) is 3.67. The van der Waals surface area contributed by atoms with Gasteiger partial charge < -0.3 is 13.9 Å². The maximum absolute atomic E-state index is 12.7. The van der Waals surface area contributed by atoms with Crippen molar-refractivity contribution in [1.29, 1.82) is 0 Å². The molecule has 6 heteroatoms. The molecule has 0 N–H and O–H groups in total. The predicted octanol–water partition coefficient (Wildman–Crippen LogP) is 6.46. The molecule has 0 radical (unpaired) electrons. The Morgan fingerprint density at radius 3 is 2.41 bits per heavy atom. The van der Waals surface area contributed by atoms with E-state index < -0.39 is 11.6 Å². The molecular formula is C23H29BrO5. The number of ether oxygens (including phenoxy) is 2. The van der Waals surface area contributed by atoms with Crippen molar-refractivity contribution in [2.45, 2.75) is 72.0 Å². The van der Waals surface area contributed by atoms with Gasteiger partial charge in [0.25, 0.3) is 0 Å². The highest BCUT2D eigenvalue weighted by Gasteiger charge is 2.25. The van der Waals surface area contributed by atoms with Gasteiger partial charge in [-0.2, -0.15) is 0 Å². The van der Waals surface area contributed by atoms with E-state index in [0.29, 0.717) is 40.8 Å². The van der Waals surface area contributed by atoms with Gasteiger partial charge in [-0.15, -0.1) is 0 Å². The number of halogens is 1. The summed E-state index contributed by atoms with van der Waals surface area (Å²) in [7, 11) is 0.